The van der Waals surface area contributed by atoms with E-state index >= 15 is 0 Å². The van der Waals surface area contributed by atoms with Crippen LogP contribution >= 0.6 is 0 Å². The fourth-order valence-electron chi connectivity index (χ4n) is 1.87. The molecule has 100 valence electrons. The van der Waals surface area contributed by atoms with E-state index in [-0.39, 0.29) is 12.4 Å². The summed E-state index contributed by atoms with van der Waals surface area (Å²) in [4.78, 5) is 3.94. The number of rotatable bonds is 3. The fraction of sp³-hybridized carbons (Fsp3) is 0.267. The molecule has 2 N–H and O–H groups in total. The van der Waals surface area contributed by atoms with E-state index in [0.29, 0.717) is 11.3 Å². The van der Waals surface area contributed by atoms with Crippen LogP contribution in [0.3, 0.4) is 0 Å². The molecule has 0 atom stereocenters. The molecular weight excluding hydrogens is 243 g/mol. The second-order valence-corrected chi connectivity index (χ2v) is 4.55. The van der Waals surface area contributed by atoms with Crippen LogP contribution in [0.2, 0.25) is 0 Å². The summed E-state index contributed by atoms with van der Waals surface area (Å²) in [6.45, 7) is 5.98. The number of ether oxygens (including phenoxy) is 1. The molecule has 0 aliphatic carbocycles. The number of aryl methyl sites for hydroxylation is 2. The molecule has 1 heterocycles. The first-order chi connectivity index (χ1) is 9.04. The van der Waals surface area contributed by atoms with Gasteiger partial charge in [0.15, 0.2) is 5.82 Å². The van der Waals surface area contributed by atoms with Crippen LogP contribution in [0.4, 0.5) is 4.39 Å². The molecule has 0 saturated heterocycles. The second kappa shape index (κ2) is 5.36. The molecule has 0 radical (unpaired) electrons. The van der Waals surface area contributed by atoms with Crippen molar-refractivity contribution in [3.63, 3.8) is 0 Å². The third-order valence-corrected chi connectivity index (χ3v) is 3.23. The van der Waals surface area contributed by atoms with E-state index in [1.165, 1.54) is 6.20 Å². The van der Waals surface area contributed by atoms with Crippen LogP contribution in [0.15, 0.2) is 24.4 Å². The molecule has 0 fully saturated rings. The highest BCUT2D eigenvalue weighted by Gasteiger charge is 2.14. The number of pyridine rings is 1. The predicted molar refractivity (Wildman–Crippen MR) is 72.8 cm³/mol. The summed E-state index contributed by atoms with van der Waals surface area (Å²) in [5.74, 6) is 0.130. The zero-order valence-electron chi connectivity index (χ0n) is 11.3. The Bertz CT molecular complexity index is 611. The van der Waals surface area contributed by atoms with Gasteiger partial charge in [-0.3, -0.25) is 0 Å². The number of hydrogen-bond acceptors (Lipinski definition) is 3. The summed E-state index contributed by atoms with van der Waals surface area (Å²) >= 11 is 0. The Balaban J connectivity index is 2.45. The summed E-state index contributed by atoms with van der Waals surface area (Å²) in [5.41, 5.74) is 8.90. The minimum absolute atomic E-state index is 0.0280. The highest BCUT2D eigenvalue weighted by molar-refractivity contribution is 5.46. The number of benzene rings is 1. The normalized spacial score (nSPS) is 10.6. The topological polar surface area (TPSA) is 48.1 Å². The van der Waals surface area contributed by atoms with Gasteiger partial charge in [0.25, 0.3) is 5.88 Å². The smallest absolute Gasteiger partial charge is 0.256 e. The number of nitrogens with two attached hydrogens (primary N) is 1. The molecule has 2 rings (SSSR count). The molecule has 0 saturated carbocycles. The van der Waals surface area contributed by atoms with Gasteiger partial charge in [0.05, 0.1) is 0 Å². The van der Waals surface area contributed by atoms with Crippen LogP contribution in [-0.2, 0) is 6.54 Å². The Labute approximate surface area is 112 Å². The maximum atomic E-state index is 14.1. The first kappa shape index (κ1) is 13.5. The van der Waals surface area contributed by atoms with Crippen molar-refractivity contribution in [2.45, 2.75) is 27.3 Å². The maximum absolute atomic E-state index is 14.1. The van der Waals surface area contributed by atoms with Crippen molar-refractivity contribution in [1.82, 2.24) is 4.98 Å². The molecule has 0 spiro atoms. The van der Waals surface area contributed by atoms with Gasteiger partial charge in [0, 0.05) is 18.3 Å². The van der Waals surface area contributed by atoms with E-state index in [2.05, 4.69) is 4.98 Å². The van der Waals surface area contributed by atoms with Gasteiger partial charge in [0.1, 0.15) is 5.75 Å². The molecule has 0 amide bonds. The molecule has 4 heteroatoms. The lowest BCUT2D eigenvalue weighted by Gasteiger charge is -2.14. The Kier molecular flexibility index (Phi) is 3.81. The van der Waals surface area contributed by atoms with Gasteiger partial charge >= 0.3 is 0 Å². The monoisotopic (exact) mass is 260 g/mol. The third kappa shape index (κ3) is 2.58. The SMILES string of the molecule is Cc1ccc(C)c(Oc2nccc(CN)c2F)c1C. The van der Waals surface area contributed by atoms with Crippen LogP contribution in [0.25, 0.3) is 0 Å². The Hall–Kier alpha value is -1.94. The molecule has 1 aromatic heterocycles. The molecule has 2 aromatic rings. The predicted octanol–water partition coefficient (Wildman–Crippen LogP) is 3.40. The summed E-state index contributed by atoms with van der Waals surface area (Å²) in [6, 6.07) is 5.51. The minimum atomic E-state index is -0.495. The first-order valence-corrected chi connectivity index (χ1v) is 6.12. The van der Waals surface area contributed by atoms with Crippen molar-refractivity contribution in [3.8, 4) is 11.6 Å². The standard InChI is InChI=1S/C15H17FN2O/c1-9-4-5-10(2)14(11(9)3)19-15-13(16)12(8-17)6-7-18-15/h4-7H,8,17H2,1-3H3. The largest absolute Gasteiger partial charge is 0.436 e. The van der Waals surface area contributed by atoms with Gasteiger partial charge in [0.2, 0.25) is 0 Å². The molecular formula is C15H17FN2O. The average molecular weight is 260 g/mol. The van der Waals surface area contributed by atoms with Crippen molar-refractivity contribution in [3.05, 3.63) is 52.5 Å². The summed E-state index contributed by atoms with van der Waals surface area (Å²) in [7, 11) is 0. The Morgan fingerprint density at radius 1 is 1.16 bits per heavy atom. The van der Waals surface area contributed by atoms with Crippen molar-refractivity contribution in [2.75, 3.05) is 0 Å². The molecule has 0 aliphatic heterocycles. The Morgan fingerprint density at radius 2 is 1.84 bits per heavy atom. The van der Waals surface area contributed by atoms with Gasteiger partial charge in [-0.2, -0.15) is 0 Å². The highest BCUT2D eigenvalue weighted by Crippen LogP contribution is 2.31. The Morgan fingerprint density at radius 3 is 2.53 bits per heavy atom. The van der Waals surface area contributed by atoms with E-state index in [1.807, 2.05) is 32.9 Å². The number of hydrogen-bond donors (Lipinski definition) is 1. The van der Waals surface area contributed by atoms with Gasteiger partial charge < -0.3 is 10.5 Å². The van der Waals surface area contributed by atoms with E-state index < -0.39 is 5.82 Å². The lowest BCUT2D eigenvalue weighted by molar-refractivity contribution is 0.414. The molecule has 0 unspecified atom stereocenters. The van der Waals surface area contributed by atoms with Crippen molar-refractivity contribution in [2.24, 2.45) is 5.73 Å². The minimum Gasteiger partial charge on any atom is -0.436 e. The number of halogens is 1. The van der Waals surface area contributed by atoms with Gasteiger partial charge in [-0.1, -0.05) is 12.1 Å². The first-order valence-electron chi connectivity index (χ1n) is 6.12. The van der Waals surface area contributed by atoms with Crippen LogP contribution in [0.5, 0.6) is 11.6 Å². The van der Waals surface area contributed by atoms with Crippen LogP contribution in [-0.4, -0.2) is 4.98 Å². The van der Waals surface area contributed by atoms with Crippen LogP contribution in [0.1, 0.15) is 22.3 Å². The average Bonchev–Trinajstić information content (AvgIpc) is 2.41. The lowest BCUT2D eigenvalue weighted by Crippen LogP contribution is -2.03. The van der Waals surface area contributed by atoms with Crippen molar-refractivity contribution < 1.29 is 9.13 Å². The fourth-order valence-corrected chi connectivity index (χ4v) is 1.87. The highest BCUT2D eigenvalue weighted by atomic mass is 19.1. The van der Waals surface area contributed by atoms with Gasteiger partial charge in [-0.05, 0) is 43.5 Å². The van der Waals surface area contributed by atoms with Crippen LogP contribution < -0.4 is 10.5 Å². The van der Waals surface area contributed by atoms with Crippen molar-refractivity contribution in [1.29, 1.82) is 0 Å². The molecule has 3 nitrogen and oxygen atoms in total. The lowest BCUT2D eigenvalue weighted by atomic mass is 10.1. The molecule has 19 heavy (non-hydrogen) atoms. The zero-order chi connectivity index (χ0) is 14.0. The van der Waals surface area contributed by atoms with E-state index in [4.69, 9.17) is 10.5 Å². The van der Waals surface area contributed by atoms with E-state index in [9.17, 15) is 4.39 Å². The van der Waals surface area contributed by atoms with E-state index in [0.717, 1.165) is 16.7 Å². The number of nitrogens with zero attached hydrogens (tertiary/aromatic N) is 1. The van der Waals surface area contributed by atoms with Crippen LogP contribution in [0, 0.1) is 26.6 Å². The number of aromatic nitrogens is 1. The van der Waals surface area contributed by atoms with Gasteiger partial charge in [-0.25, -0.2) is 9.37 Å². The van der Waals surface area contributed by atoms with Gasteiger partial charge in [-0.15, -0.1) is 0 Å². The summed E-state index contributed by atoms with van der Waals surface area (Å²) < 4.78 is 19.7. The quantitative estimate of drug-likeness (QED) is 0.920. The molecule has 1 aromatic carbocycles. The van der Waals surface area contributed by atoms with Crippen molar-refractivity contribution >= 4 is 0 Å². The summed E-state index contributed by atoms with van der Waals surface area (Å²) in [5, 5.41) is 0. The molecule has 0 bridgehead atoms. The van der Waals surface area contributed by atoms with E-state index in [1.54, 1.807) is 6.07 Å². The summed E-state index contributed by atoms with van der Waals surface area (Å²) in [6.07, 6.45) is 1.50. The molecule has 0 aliphatic rings. The maximum Gasteiger partial charge on any atom is 0.256 e. The second-order valence-electron chi connectivity index (χ2n) is 4.55. The third-order valence-electron chi connectivity index (χ3n) is 3.23. The zero-order valence-corrected chi connectivity index (χ0v) is 11.3.